The van der Waals surface area contributed by atoms with Crippen LogP contribution in [0.1, 0.15) is 16.7 Å². The molecule has 6 nitrogen and oxygen atoms in total. The number of imide groups is 1. The second-order valence-corrected chi connectivity index (χ2v) is 9.09. The number of rotatable bonds is 5. The molecular formula is C26H23N2O4S+. The number of nitrogens with zero attached hydrogens (tertiary/aromatic N) is 2. The number of hydrogen-bond acceptors (Lipinski definition) is 5. The van der Waals surface area contributed by atoms with Crippen LogP contribution in [0.4, 0.5) is 10.5 Å². The summed E-state index contributed by atoms with van der Waals surface area (Å²) >= 11 is 1.48. The van der Waals surface area contributed by atoms with Crippen LogP contribution in [0.2, 0.25) is 0 Å². The first-order valence-corrected chi connectivity index (χ1v) is 11.5. The molecule has 2 aliphatic rings. The maximum atomic E-state index is 13.8. The highest BCUT2D eigenvalue weighted by Gasteiger charge is 2.53. The monoisotopic (exact) mass is 459 g/mol. The number of amides is 3. The van der Waals surface area contributed by atoms with Crippen molar-refractivity contribution in [3.8, 4) is 11.5 Å². The molecule has 33 heavy (non-hydrogen) atoms. The summed E-state index contributed by atoms with van der Waals surface area (Å²) in [7, 11) is 3.08. The van der Waals surface area contributed by atoms with Crippen LogP contribution in [0.5, 0.6) is 11.5 Å². The average molecular weight is 460 g/mol. The Kier molecular flexibility index (Phi) is 5.42. The summed E-state index contributed by atoms with van der Waals surface area (Å²) < 4.78 is 12.5. The number of benzene rings is 3. The maximum absolute atomic E-state index is 13.8. The Labute approximate surface area is 196 Å². The molecule has 166 valence electrons. The molecule has 0 fully saturated rings. The molecule has 2 aliphatic heterocycles. The third kappa shape index (κ3) is 3.58. The Bertz CT molecular complexity index is 1300. The molecule has 0 saturated carbocycles. The van der Waals surface area contributed by atoms with E-state index in [-0.39, 0.29) is 11.9 Å². The maximum Gasteiger partial charge on any atom is 0.506 e. The number of urea groups is 1. The Morgan fingerprint density at radius 2 is 1.67 bits per heavy atom. The molecule has 0 saturated heterocycles. The van der Waals surface area contributed by atoms with Gasteiger partial charge in [0, 0.05) is 16.5 Å². The van der Waals surface area contributed by atoms with E-state index in [0.29, 0.717) is 23.7 Å². The highest BCUT2D eigenvalue weighted by Crippen LogP contribution is 2.42. The highest BCUT2D eigenvalue weighted by molar-refractivity contribution is 8.02. The Morgan fingerprint density at radius 1 is 0.939 bits per heavy atom. The molecule has 3 aromatic rings. The molecule has 7 heteroatoms. The molecule has 5 rings (SSSR count). The summed E-state index contributed by atoms with van der Waals surface area (Å²) in [6.07, 6.45) is 0. The van der Waals surface area contributed by atoms with Crippen LogP contribution in [0, 0.1) is 6.92 Å². The zero-order valence-electron chi connectivity index (χ0n) is 18.6. The number of thioether (sulfide) groups is 1. The Balaban J connectivity index is 1.65. The van der Waals surface area contributed by atoms with Crippen LogP contribution in [-0.4, -0.2) is 41.7 Å². The van der Waals surface area contributed by atoms with Gasteiger partial charge in [0.1, 0.15) is 17.9 Å². The minimum absolute atomic E-state index is 0.261. The van der Waals surface area contributed by atoms with Gasteiger partial charge >= 0.3 is 11.9 Å². The van der Waals surface area contributed by atoms with E-state index in [1.807, 2.05) is 55.5 Å². The molecular weight excluding hydrogens is 436 g/mol. The Morgan fingerprint density at radius 3 is 2.39 bits per heavy atom. The largest absolute Gasteiger partial charge is 0.506 e. The van der Waals surface area contributed by atoms with E-state index in [9.17, 15) is 9.59 Å². The number of methoxy groups -OCH3 is 2. The van der Waals surface area contributed by atoms with Crippen molar-refractivity contribution in [1.82, 2.24) is 0 Å². The van der Waals surface area contributed by atoms with Gasteiger partial charge < -0.3 is 9.47 Å². The normalized spacial score (nSPS) is 17.2. The van der Waals surface area contributed by atoms with Gasteiger partial charge in [0.15, 0.2) is 16.7 Å². The van der Waals surface area contributed by atoms with Crippen molar-refractivity contribution in [3.05, 3.63) is 83.4 Å². The van der Waals surface area contributed by atoms with Crippen molar-refractivity contribution < 1.29 is 23.6 Å². The number of hydrogen-bond donors (Lipinski definition) is 0. The highest BCUT2D eigenvalue weighted by atomic mass is 32.2. The minimum atomic E-state index is -0.501. The van der Waals surface area contributed by atoms with E-state index in [4.69, 9.17) is 9.47 Å². The van der Waals surface area contributed by atoms with Gasteiger partial charge in [-0.1, -0.05) is 42.0 Å². The third-order valence-corrected chi connectivity index (χ3v) is 7.17. The van der Waals surface area contributed by atoms with Gasteiger partial charge in [-0.15, -0.1) is 16.7 Å². The van der Waals surface area contributed by atoms with Gasteiger partial charge in [-0.25, -0.2) is 4.79 Å². The summed E-state index contributed by atoms with van der Waals surface area (Å²) in [6.45, 7) is 2.40. The average Bonchev–Trinajstić information content (AvgIpc) is 3.23. The van der Waals surface area contributed by atoms with E-state index >= 15 is 0 Å². The number of aryl methyl sites for hydroxylation is 1. The van der Waals surface area contributed by atoms with Crippen LogP contribution >= 0.6 is 11.8 Å². The summed E-state index contributed by atoms with van der Waals surface area (Å²) in [6, 6.07) is 20.6. The fourth-order valence-corrected chi connectivity index (χ4v) is 5.51. The summed E-state index contributed by atoms with van der Waals surface area (Å²) in [5.74, 6) is 0.728. The lowest BCUT2D eigenvalue weighted by Gasteiger charge is -2.25. The second kappa shape index (κ2) is 8.41. The van der Waals surface area contributed by atoms with Crippen molar-refractivity contribution in [3.63, 3.8) is 0 Å². The van der Waals surface area contributed by atoms with Crippen molar-refractivity contribution in [2.24, 2.45) is 0 Å². The van der Waals surface area contributed by atoms with Crippen molar-refractivity contribution in [1.29, 1.82) is 0 Å². The van der Waals surface area contributed by atoms with Gasteiger partial charge in [-0.2, -0.15) is 9.37 Å². The standard InChI is InChI=1S/C26H23N2O4S/c1-16-8-10-17(11-9-16)15-27-23-19-6-4-5-7-22(19)33-24(23)25(29)28(26(27)30)18-12-13-20(31-2)21(14-18)32-3/h4-14,24H,15H2,1-3H3/q+1. The zero-order valence-corrected chi connectivity index (χ0v) is 19.4. The van der Waals surface area contributed by atoms with E-state index in [0.717, 1.165) is 27.3 Å². The molecule has 0 radical (unpaired) electrons. The van der Waals surface area contributed by atoms with Crippen LogP contribution in [0.25, 0.3) is 0 Å². The molecule has 1 unspecified atom stereocenters. The number of ether oxygens (including phenoxy) is 2. The molecule has 0 spiro atoms. The lowest BCUT2D eigenvalue weighted by Crippen LogP contribution is -2.55. The number of carbonyl (C=O) groups excluding carboxylic acids is 2. The topological polar surface area (TPSA) is 58.8 Å². The minimum Gasteiger partial charge on any atom is -0.493 e. The molecule has 0 aromatic heterocycles. The Hall–Kier alpha value is -3.58. The SMILES string of the molecule is COc1ccc(N2C(=O)C3Sc4ccccc4C3=[N+](Cc3ccc(C)cc3)C2=O)cc1OC. The van der Waals surface area contributed by atoms with Crippen LogP contribution < -0.4 is 14.4 Å². The van der Waals surface area contributed by atoms with Gasteiger partial charge in [0.2, 0.25) is 0 Å². The van der Waals surface area contributed by atoms with E-state index < -0.39 is 5.25 Å². The van der Waals surface area contributed by atoms with Crippen LogP contribution in [0.15, 0.2) is 71.6 Å². The predicted octanol–water partition coefficient (Wildman–Crippen LogP) is 4.66. The first kappa shape index (κ1) is 21.3. The van der Waals surface area contributed by atoms with Gasteiger partial charge in [-0.05, 0) is 36.8 Å². The van der Waals surface area contributed by atoms with E-state index in [1.54, 1.807) is 29.9 Å². The number of fused-ring (bicyclic) bond motifs is 3. The lowest BCUT2D eigenvalue weighted by molar-refractivity contribution is -0.444. The first-order chi connectivity index (χ1) is 16.0. The molecule has 0 N–H and O–H groups in total. The van der Waals surface area contributed by atoms with Crippen molar-refractivity contribution in [2.45, 2.75) is 23.6 Å². The zero-order chi connectivity index (χ0) is 23.1. The summed E-state index contributed by atoms with van der Waals surface area (Å²) in [4.78, 5) is 29.7. The molecule has 1 atom stereocenters. The third-order valence-electron chi connectivity index (χ3n) is 5.90. The molecule has 3 aromatic carbocycles. The van der Waals surface area contributed by atoms with Gasteiger partial charge in [-0.3, -0.25) is 0 Å². The predicted molar refractivity (Wildman–Crippen MR) is 128 cm³/mol. The quantitative estimate of drug-likeness (QED) is 0.520. The molecule has 0 bridgehead atoms. The smallest absolute Gasteiger partial charge is 0.493 e. The lowest BCUT2D eigenvalue weighted by atomic mass is 10.0. The number of anilines is 1. The second-order valence-electron chi connectivity index (χ2n) is 7.95. The van der Waals surface area contributed by atoms with Crippen molar-refractivity contribution in [2.75, 3.05) is 19.1 Å². The van der Waals surface area contributed by atoms with Gasteiger partial charge in [0.25, 0.3) is 0 Å². The number of carbonyl (C=O) groups is 2. The molecule has 2 heterocycles. The molecule has 3 amide bonds. The van der Waals surface area contributed by atoms with E-state index in [1.165, 1.54) is 23.8 Å². The van der Waals surface area contributed by atoms with E-state index in [2.05, 4.69) is 0 Å². The fraction of sp³-hybridized carbons (Fsp3) is 0.192. The van der Waals surface area contributed by atoms with Crippen LogP contribution in [0.3, 0.4) is 0 Å². The summed E-state index contributed by atoms with van der Waals surface area (Å²) in [5, 5.41) is -0.501. The van der Waals surface area contributed by atoms with Crippen LogP contribution in [-0.2, 0) is 11.3 Å². The van der Waals surface area contributed by atoms with Crippen molar-refractivity contribution >= 4 is 35.1 Å². The summed E-state index contributed by atoms with van der Waals surface area (Å²) in [5.41, 5.74) is 4.29. The molecule has 0 aliphatic carbocycles. The fourth-order valence-electron chi connectivity index (χ4n) is 4.23. The van der Waals surface area contributed by atoms with Gasteiger partial charge in [0.05, 0.1) is 14.2 Å². The first-order valence-electron chi connectivity index (χ1n) is 10.6.